The molecule has 108 valence electrons. The number of hydrogen-bond acceptors (Lipinski definition) is 4. The van der Waals surface area contributed by atoms with Crippen LogP contribution in [0, 0.1) is 10.1 Å². The van der Waals surface area contributed by atoms with Crippen molar-refractivity contribution in [1.82, 2.24) is 5.32 Å². The molecule has 0 spiro atoms. The lowest BCUT2D eigenvalue weighted by atomic mass is 10.2. The van der Waals surface area contributed by atoms with Gasteiger partial charge in [-0.2, -0.15) is 0 Å². The highest BCUT2D eigenvalue weighted by Crippen LogP contribution is 2.12. The Morgan fingerprint density at radius 1 is 1.40 bits per heavy atom. The van der Waals surface area contributed by atoms with E-state index in [2.05, 4.69) is 5.32 Å². The van der Waals surface area contributed by atoms with Crippen molar-refractivity contribution in [3.8, 4) is 0 Å². The van der Waals surface area contributed by atoms with E-state index in [9.17, 15) is 23.7 Å². The Balaban J connectivity index is 2.51. The first-order chi connectivity index (χ1) is 9.40. The molecule has 1 aromatic rings. The van der Waals surface area contributed by atoms with Gasteiger partial charge in [0, 0.05) is 24.8 Å². The van der Waals surface area contributed by atoms with Crippen molar-refractivity contribution in [2.75, 3.05) is 6.54 Å². The van der Waals surface area contributed by atoms with Crippen LogP contribution >= 0.6 is 0 Å². The first-order valence-corrected chi connectivity index (χ1v) is 5.56. The van der Waals surface area contributed by atoms with Crippen molar-refractivity contribution in [3.05, 3.63) is 46.0 Å². The van der Waals surface area contributed by atoms with Crippen LogP contribution in [-0.4, -0.2) is 35.0 Å². The van der Waals surface area contributed by atoms with Crippen LogP contribution in [0.5, 0.6) is 0 Å². The highest BCUT2D eigenvalue weighted by molar-refractivity contribution is 5.91. The van der Waals surface area contributed by atoms with Crippen LogP contribution in [0.2, 0.25) is 0 Å². The number of carbonyl (C=O) groups excluding carboxylic acids is 1. The molecule has 1 unspecified atom stereocenters. The molecular weight excluding hydrogens is 274 g/mol. The molecule has 0 saturated heterocycles. The molecule has 0 heterocycles. The molecule has 0 aliphatic rings. The van der Waals surface area contributed by atoms with E-state index in [0.717, 1.165) is 6.08 Å². The molecule has 20 heavy (non-hydrogen) atoms. The molecule has 0 bridgehead atoms. The zero-order valence-corrected chi connectivity index (χ0v) is 10.2. The van der Waals surface area contributed by atoms with E-state index in [4.69, 9.17) is 5.11 Å². The van der Waals surface area contributed by atoms with Gasteiger partial charge in [0.1, 0.15) is 6.10 Å². The van der Waals surface area contributed by atoms with E-state index in [0.29, 0.717) is 5.56 Å². The summed E-state index contributed by atoms with van der Waals surface area (Å²) in [4.78, 5) is 21.1. The molecule has 0 radical (unpaired) electrons. The smallest absolute Gasteiger partial charge is 0.269 e. The molecule has 1 rings (SSSR count). The van der Waals surface area contributed by atoms with Crippen molar-refractivity contribution in [1.29, 1.82) is 0 Å². The summed E-state index contributed by atoms with van der Waals surface area (Å²) >= 11 is 0. The van der Waals surface area contributed by atoms with Gasteiger partial charge < -0.3 is 10.4 Å². The van der Waals surface area contributed by atoms with E-state index in [1.165, 1.54) is 30.3 Å². The van der Waals surface area contributed by atoms with Gasteiger partial charge >= 0.3 is 0 Å². The molecule has 0 aliphatic heterocycles. The van der Waals surface area contributed by atoms with Crippen LogP contribution in [-0.2, 0) is 4.79 Å². The number of non-ortho nitro benzene ring substituents is 1. The number of carbonyl (C=O) groups is 1. The second-order valence-corrected chi connectivity index (χ2v) is 3.83. The van der Waals surface area contributed by atoms with Crippen LogP contribution in [0.25, 0.3) is 6.08 Å². The molecule has 8 heteroatoms. The Bertz CT molecular complexity index is 503. The molecule has 1 amide bonds. The molecule has 0 fully saturated rings. The third-order valence-corrected chi connectivity index (χ3v) is 2.31. The van der Waals surface area contributed by atoms with Crippen LogP contribution in [0.4, 0.5) is 14.5 Å². The Hall–Kier alpha value is -2.35. The molecule has 6 nitrogen and oxygen atoms in total. The Morgan fingerprint density at radius 2 is 2.00 bits per heavy atom. The first kappa shape index (κ1) is 15.7. The Morgan fingerprint density at radius 3 is 2.50 bits per heavy atom. The van der Waals surface area contributed by atoms with Crippen LogP contribution in [0.15, 0.2) is 30.3 Å². The number of nitro groups is 1. The van der Waals surface area contributed by atoms with Gasteiger partial charge in [0.25, 0.3) is 12.1 Å². The summed E-state index contributed by atoms with van der Waals surface area (Å²) in [5.74, 6) is -0.650. The number of alkyl halides is 2. The summed E-state index contributed by atoms with van der Waals surface area (Å²) in [7, 11) is 0. The number of nitrogens with zero attached hydrogens (tertiary/aromatic N) is 1. The van der Waals surface area contributed by atoms with Crippen molar-refractivity contribution in [2.45, 2.75) is 12.5 Å². The second kappa shape index (κ2) is 7.29. The third-order valence-electron chi connectivity index (χ3n) is 2.31. The van der Waals surface area contributed by atoms with Crippen molar-refractivity contribution < 1.29 is 23.6 Å². The van der Waals surface area contributed by atoms with E-state index < -0.39 is 29.9 Å². The summed E-state index contributed by atoms with van der Waals surface area (Å²) in [5.41, 5.74) is 0.465. The molecule has 1 atom stereocenters. The minimum Gasteiger partial charge on any atom is -0.385 e. The fourth-order valence-corrected chi connectivity index (χ4v) is 1.23. The summed E-state index contributed by atoms with van der Waals surface area (Å²) < 4.78 is 23.9. The van der Waals surface area contributed by atoms with Gasteiger partial charge in [0.05, 0.1) is 4.92 Å². The Labute approximate surface area is 112 Å². The number of nitro benzene ring substituents is 1. The fourth-order valence-electron chi connectivity index (χ4n) is 1.23. The summed E-state index contributed by atoms with van der Waals surface area (Å²) in [6.07, 6.45) is -2.38. The highest BCUT2D eigenvalue weighted by Gasteiger charge is 2.16. The lowest BCUT2D eigenvalue weighted by Crippen LogP contribution is -2.34. The second-order valence-electron chi connectivity index (χ2n) is 3.83. The van der Waals surface area contributed by atoms with Gasteiger partial charge in [-0.15, -0.1) is 0 Å². The van der Waals surface area contributed by atoms with Crippen molar-refractivity contribution in [2.24, 2.45) is 0 Å². The van der Waals surface area contributed by atoms with Crippen molar-refractivity contribution in [3.63, 3.8) is 0 Å². The van der Waals surface area contributed by atoms with E-state index in [1.807, 2.05) is 0 Å². The maximum Gasteiger partial charge on any atom is 0.269 e. The normalized spacial score (nSPS) is 12.6. The number of aliphatic hydroxyl groups is 1. The molecular formula is C12H12F2N2O4. The average Bonchev–Trinajstić information content (AvgIpc) is 2.42. The number of aliphatic hydroxyl groups excluding tert-OH is 1. The molecule has 0 saturated carbocycles. The van der Waals surface area contributed by atoms with Gasteiger partial charge in [0.15, 0.2) is 0 Å². The van der Waals surface area contributed by atoms with Crippen LogP contribution in [0.3, 0.4) is 0 Å². The predicted octanol–water partition coefficient (Wildman–Crippen LogP) is 1.35. The minimum absolute atomic E-state index is 0.0772. The number of benzene rings is 1. The topological polar surface area (TPSA) is 92.5 Å². The van der Waals surface area contributed by atoms with Gasteiger partial charge in [-0.1, -0.05) is 0 Å². The summed E-state index contributed by atoms with van der Waals surface area (Å²) in [6, 6.07) is 5.43. The summed E-state index contributed by atoms with van der Waals surface area (Å²) in [5, 5.41) is 21.3. The predicted molar refractivity (Wildman–Crippen MR) is 67.2 cm³/mol. The average molecular weight is 286 g/mol. The molecule has 0 aliphatic carbocycles. The maximum atomic E-state index is 12.0. The maximum absolute atomic E-state index is 12.0. The zero-order valence-electron chi connectivity index (χ0n) is 10.2. The number of hydrogen-bond donors (Lipinski definition) is 2. The zero-order chi connectivity index (χ0) is 15.1. The quantitative estimate of drug-likeness (QED) is 0.469. The van der Waals surface area contributed by atoms with E-state index in [-0.39, 0.29) is 5.69 Å². The van der Waals surface area contributed by atoms with E-state index >= 15 is 0 Å². The standard InChI is InChI=1S/C12H12F2N2O4/c13-12(14)10(17)7-15-11(18)6-3-8-1-4-9(5-2-8)16(19)20/h1-6,10,12,17H,7H2,(H,15,18)/b6-3+. The third kappa shape index (κ3) is 5.11. The minimum atomic E-state index is -2.92. The van der Waals surface area contributed by atoms with Crippen LogP contribution in [0.1, 0.15) is 5.56 Å². The highest BCUT2D eigenvalue weighted by atomic mass is 19.3. The number of rotatable bonds is 6. The van der Waals surface area contributed by atoms with Gasteiger partial charge in [-0.05, 0) is 23.8 Å². The van der Waals surface area contributed by atoms with Gasteiger partial charge in [-0.3, -0.25) is 14.9 Å². The lowest BCUT2D eigenvalue weighted by Gasteiger charge is -2.08. The molecule has 2 N–H and O–H groups in total. The first-order valence-electron chi connectivity index (χ1n) is 5.56. The lowest BCUT2D eigenvalue weighted by molar-refractivity contribution is -0.384. The summed E-state index contributed by atoms with van der Waals surface area (Å²) in [6.45, 7) is -0.554. The van der Waals surface area contributed by atoms with Crippen LogP contribution < -0.4 is 5.32 Å². The fraction of sp³-hybridized carbons (Fsp3) is 0.250. The number of amides is 1. The van der Waals surface area contributed by atoms with E-state index in [1.54, 1.807) is 0 Å². The number of nitrogens with one attached hydrogen (secondary N) is 1. The van der Waals surface area contributed by atoms with Crippen molar-refractivity contribution >= 4 is 17.7 Å². The SMILES string of the molecule is O=C(/C=C/c1ccc([N+](=O)[O-])cc1)NCC(O)C(F)F. The molecule has 0 aromatic heterocycles. The Kier molecular flexibility index (Phi) is 5.73. The number of halogens is 2. The molecule has 1 aromatic carbocycles. The largest absolute Gasteiger partial charge is 0.385 e. The van der Waals surface area contributed by atoms with Gasteiger partial charge in [-0.25, -0.2) is 8.78 Å². The monoisotopic (exact) mass is 286 g/mol. The van der Waals surface area contributed by atoms with Gasteiger partial charge in [0.2, 0.25) is 5.91 Å².